The number of benzene rings is 1. The molecule has 2 aromatic rings. The minimum Gasteiger partial charge on any atom is -0.399 e. The van der Waals surface area contributed by atoms with Gasteiger partial charge in [0.25, 0.3) is 0 Å². The van der Waals surface area contributed by atoms with Gasteiger partial charge in [-0.25, -0.2) is 4.98 Å². The molecule has 1 aliphatic rings. The highest BCUT2D eigenvalue weighted by Crippen LogP contribution is 2.36. The lowest BCUT2D eigenvalue weighted by Gasteiger charge is -2.32. The number of nitrogens with zero attached hydrogens (tertiary/aromatic N) is 1. The Morgan fingerprint density at radius 1 is 1.03 bits per heavy atom. The molecule has 1 unspecified atom stereocenters. The molecule has 36 heavy (non-hydrogen) atoms. The Kier molecular flexibility index (Phi) is 7.89. The zero-order valence-electron chi connectivity index (χ0n) is 24.3. The molecule has 1 saturated heterocycles. The number of hydrogen-bond acceptors (Lipinski definition) is 5. The molecule has 2 N–H and O–H groups in total. The Balaban J connectivity index is 1.89. The topological polar surface area (TPSA) is 72.5 Å². The lowest BCUT2D eigenvalue weighted by atomic mass is 9.78. The number of rotatable bonds is 7. The summed E-state index contributed by atoms with van der Waals surface area (Å²) in [6.45, 7) is 23.8. The van der Waals surface area contributed by atoms with Crippen LogP contribution >= 0.6 is 0 Å². The fraction of sp³-hybridized carbons (Fsp3) is 0.655. The van der Waals surface area contributed by atoms with Gasteiger partial charge in [0.1, 0.15) is 5.82 Å². The van der Waals surface area contributed by atoms with E-state index in [1.807, 2.05) is 19.1 Å². The van der Waals surface area contributed by atoms with Gasteiger partial charge in [-0.3, -0.25) is 4.79 Å². The quantitative estimate of drug-likeness (QED) is 0.498. The lowest BCUT2D eigenvalue weighted by Crippen LogP contribution is -2.41. The Hall–Kier alpha value is -2.12. The van der Waals surface area contributed by atoms with Crippen molar-refractivity contribution < 1.29 is 14.1 Å². The van der Waals surface area contributed by atoms with Gasteiger partial charge < -0.3 is 19.9 Å². The van der Waals surface area contributed by atoms with Crippen LogP contribution in [0.1, 0.15) is 88.1 Å². The number of fused-ring (bicyclic) bond motifs is 1. The smallest absolute Gasteiger partial charge is 0.399 e. The van der Waals surface area contributed by atoms with Gasteiger partial charge in [0.05, 0.1) is 16.7 Å². The highest BCUT2D eigenvalue weighted by molar-refractivity contribution is 6.62. The molecule has 0 saturated carbocycles. The highest BCUT2D eigenvalue weighted by atomic mass is 16.7. The fourth-order valence-corrected chi connectivity index (χ4v) is 4.14. The monoisotopic (exact) mass is 495 g/mol. The van der Waals surface area contributed by atoms with Crippen molar-refractivity contribution in [2.24, 2.45) is 11.3 Å². The second kappa shape index (κ2) is 9.98. The van der Waals surface area contributed by atoms with Crippen LogP contribution in [0.15, 0.2) is 24.3 Å². The molecule has 1 fully saturated rings. The first-order chi connectivity index (χ1) is 16.4. The average Bonchev–Trinajstić information content (AvgIpc) is 2.93. The Labute approximate surface area is 218 Å². The predicted molar refractivity (Wildman–Crippen MR) is 151 cm³/mol. The lowest BCUT2D eigenvalue weighted by molar-refractivity contribution is -0.124. The van der Waals surface area contributed by atoms with Crippen molar-refractivity contribution in [2.75, 3.05) is 11.9 Å². The summed E-state index contributed by atoms with van der Waals surface area (Å²) in [6.07, 6.45) is 1.55. The van der Waals surface area contributed by atoms with Crippen molar-refractivity contribution in [1.82, 2.24) is 10.3 Å². The minimum atomic E-state index is -0.428. The van der Waals surface area contributed by atoms with Gasteiger partial charge in [-0.15, -0.1) is 0 Å². The van der Waals surface area contributed by atoms with Gasteiger partial charge in [0, 0.05) is 23.4 Å². The molecule has 6 nitrogen and oxygen atoms in total. The van der Waals surface area contributed by atoms with E-state index >= 15 is 0 Å². The summed E-state index contributed by atoms with van der Waals surface area (Å²) >= 11 is 0. The van der Waals surface area contributed by atoms with Crippen LogP contribution in [0, 0.1) is 11.3 Å². The van der Waals surface area contributed by atoms with Crippen molar-refractivity contribution in [1.29, 1.82) is 0 Å². The van der Waals surface area contributed by atoms with Crippen LogP contribution in [0.3, 0.4) is 0 Å². The molecule has 1 amide bonds. The maximum absolute atomic E-state index is 12.9. The van der Waals surface area contributed by atoms with Crippen molar-refractivity contribution in [3.8, 4) is 0 Å². The number of aromatic nitrogens is 1. The van der Waals surface area contributed by atoms with Crippen molar-refractivity contribution in [3.05, 3.63) is 29.8 Å². The third kappa shape index (κ3) is 7.01. The maximum atomic E-state index is 12.9. The summed E-state index contributed by atoms with van der Waals surface area (Å²) in [5.74, 6) is 0.732. The molecule has 0 aliphatic carbocycles. The van der Waals surface area contributed by atoms with E-state index in [-0.39, 0.29) is 22.8 Å². The normalized spacial score (nSPS) is 18.4. The van der Waals surface area contributed by atoms with Crippen LogP contribution in [-0.2, 0) is 20.5 Å². The van der Waals surface area contributed by atoms with Gasteiger partial charge >= 0.3 is 7.12 Å². The SMILES string of the molecule is CC(Cc1cc2cc(B3OC(C)(C)C(C)(C)O3)ccc2nc1NC(C)(C)C)C(=O)NCCC(C)(C)C. The second-order valence-corrected chi connectivity index (χ2v) is 13.6. The summed E-state index contributed by atoms with van der Waals surface area (Å²) in [6, 6.07) is 8.31. The zero-order chi connectivity index (χ0) is 27.1. The summed E-state index contributed by atoms with van der Waals surface area (Å²) in [5, 5.41) is 7.67. The van der Waals surface area contributed by atoms with Crippen LogP contribution in [0.5, 0.6) is 0 Å². The first-order valence-electron chi connectivity index (χ1n) is 13.2. The molecule has 198 valence electrons. The Morgan fingerprint density at radius 2 is 1.64 bits per heavy atom. The standard InChI is InChI=1S/C29H46BN3O3/c1-19(25(34)31-15-14-26(2,3)4)16-21-17-20-18-22(30-35-28(8,9)29(10,11)36-30)12-13-23(20)32-24(21)33-27(5,6)7/h12-13,17-19H,14-16H2,1-11H3,(H,31,34)(H,32,33). The average molecular weight is 496 g/mol. The number of carbonyl (C=O) groups excluding carboxylic acids is 1. The van der Waals surface area contributed by atoms with Gasteiger partial charge in [-0.05, 0) is 89.9 Å². The van der Waals surface area contributed by atoms with E-state index in [9.17, 15) is 4.79 Å². The molecule has 0 bridgehead atoms. The van der Waals surface area contributed by atoms with Crippen LogP contribution in [0.4, 0.5) is 5.82 Å². The molecular formula is C29H46BN3O3. The van der Waals surface area contributed by atoms with Crippen LogP contribution in [-0.4, -0.2) is 41.3 Å². The largest absolute Gasteiger partial charge is 0.494 e. The van der Waals surface area contributed by atoms with Gasteiger partial charge in [0.15, 0.2) is 0 Å². The molecule has 0 radical (unpaired) electrons. The molecule has 1 atom stereocenters. The van der Waals surface area contributed by atoms with E-state index in [1.54, 1.807) is 0 Å². The van der Waals surface area contributed by atoms with Crippen molar-refractivity contribution in [3.63, 3.8) is 0 Å². The third-order valence-electron chi connectivity index (χ3n) is 7.08. The molecule has 1 aromatic carbocycles. The molecular weight excluding hydrogens is 449 g/mol. The predicted octanol–water partition coefficient (Wildman–Crippen LogP) is 5.48. The summed E-state index contributed by atoms with van der Waals surface area (Å²) < 4.78 is 12.5. The molecule has 1 aromatic heterocycles. The van der Waals surface area contributed by atoms with Crippen LogP contribution < -0.4 is 16.1 Å². The molecule has 7 heteroatoms. The van der Waals surface area contributed by atoms with Gasteiger partial charge in [-0.1, -0.05) is 39.8 Å². The molecule has 2 heterocycles. The van der Waals surface area contributed by atoms with Crippen LogP contribution in [0.25, 0.3) is 10.9 Å². The number of pyridine rings is 1. The molecule has 0 spiro atoms. The first kappa shape index (κ1) is 28.5. The second-order valence-electron chi connectivity index (χ2n) is 13.6. The Bertz CT molecular complexity index is 1080. The van der Waals surface area contributed by atoms with Gasteiger partial charge in [0.2, 0.25) is 5.91 Å². The van der Waals surface area contributed by atoms with E-state index in [0.29, 0.717) is 13.0 Å². The summed E-state index contributed by atoms with van der Waals surface area (Å²) in [5.41, 5.74) is 2.14. The number of anilines is 1. The third-order valence-corrected chi connectivity index (χ3v) is 7.08. The van der Waals surface area contributed by atoms with E-state index in [1.165, 1.54) is 0 Å². The Morgan fingerprint density at radius 3 is 2.19 bits per heavy atom. The summed E-state index contributed by atoms with van der Waals surface area (Å²) in [7, 11) is -0.428. The molecule has 1 aliphatic heterocycles. The highest BCUT2D eigenvalue weighted by Gasteiger charge is 2.51. The zero-order valence-corrected chi connectivity index (χ0v) is 24.3. The van der Waals surface area contributed by atoms with E-state index in [4.69, 9.17) is 14.3 Å². The maximum Gasteiger partial charge on any atom is 0.494 e. The first-order valence-corrected chi connectivity index (χ1v) is 13.2. The number of hydrogen-bond donors (Lipinski definition) is 2. The molecule has 3 rings (SSSR count). The van der Waals surface area contributed by atoms with Crippen LogP contribution in [0.2, 0.25) is 0 Å². The van der Waals surface area contributed by atoms with E-state index in [2.05, 4.69) is 92.0 Å². The van der Waals surface area contributed by atoms with E-state index in [0.717, 1.165) is 34.2 Å². The van der Waals surface area contributed by atoms with E-state index < -0.39 is 18.3 Å². The fourth-order valence-electron chi connectivity index (χ4n) is 4.14. The van der Waals surface area contributed by atoms with Crippen molar-refractivity contribution in [2.45, 2.75) is 106 Å². The number of nitrogens with one attached hydrogen (secondary N) is 2. The van der Waals surface area contributed by atoms with Gasteiger partial charge in [-0.2, -0.15) is 0 Å². The number of amides is 1. The minimum absolute atomic E-state index is 0.0759. The summed E-state index contributed by atoms with van der Waals surface area (Å²) in [4.78, 5) is 17.8. The van der Waals surface area contributed by atoms with Crippen molar-refractivity contribution >= 4 is 35.2 Å². The number of carbonyl (C=O) groups is 1.